The lowest BCUT2D eigenvalue weighted by Crippen LogP contribution is -2.27. The molecule has 3 aromatic heterocycles. The molecular weight excluding hydrogens is 536 g/mol. The minimum atomic E-state index is 0. The van der Waals surface area contributed by atoms with Crippen molar-refractivity contribution in [1.82, 2.24) is 28.4 Å². The molecule has 5 aromatic rings. The first-order chi connectivity index (χ1) is 14.2. The van der Waals surface area contributed by atoms with Gasteiger partial charge in [0, 0.05) is 26.3 Å². The van der Waals surface area contributed by atoms with Crippen LogP contribution in [0.25, 0.3) is 39.4 Å². The Labute approximate surface area is 208 Å². The SMILES string of the molecule is Br.Br.CCN(CC)CCn1c2ccccc2n2cc(-c3nc4ccccc4n3C)nc12.O. The zero-order chi connectivity index (χ0) is 20.0. The highest BCUT2D eigenvalue weighted by molar-refractivity contribution is 8.93. The number of halogens is 2. The molecule has 0 fully saturated rings. The van der Waals surface area contributed by atoms with Crippen LogP contribution in [0.1, 0.15) is 13.8 Å². The monoisotopic (exact) mass is 564 g/mol. The predicted octanol–water partition coefficient (Wildman–Crippen LogP) is 4.52. The van der Waals surface area contributed by atoms with Crippen LogP contribution in [-0.2, 0) is 13.6 Å². The van der Waals surface area contributed by atoms with Gasteiger partial charge in [-0.2, -0.15) is 0 Å². The van der Waals surface area contributed by atoms with Crippen LogP contribution in [0.3, 0.4) is 0 Å². The van der Waals surface area contributed by atoms with Gasteiger partial charge in [-0.3, -0.25) is 4.40 Å². The van der Waals surface area contributed by atoms with Crippen molar-refractivity contribution in [3.05, 3.63) is 54.7 Å². The summed E-state index contributed by atoms with van der Waals surface area (Å²) in [6.07, 6.45) is 2.12. The third-order valence-corrected chi connectivity index (χ3v) is 5.91. The fraction of sp³-hybridized carbons (Fsp3) is 0.304. The molecule has 9 heteroatoms. The van der Waals surface area contributed by atoms with E-state index in [4.69, 9.17) is 9.97 Å². The van der Waals surface area contributed by atoms with E-state index in [9.17, 15) is 0 Å². The lowest BCUT2D eigenvalue weighted by molar-refractivity contribution is 0.293. The molecule has 0 aliphatic rings. The Bertz CT molecular complexity index is 1320. The molecule has 5 rings (SSSR count). The van der Waals surface area contributed by atoms with Crippen LogP contribution in [0, 0.1) is 0 Å². The molecule has 0 bridgehead atoms. The second-order valence-electron chi connectivity index (χ2n) is 7.45. The summed E-state index contributed by atoms with van der Waals surface area (Å²) in [5.41, 5.74) is 5.42. The molecule has 0 atom stereocenters. The third-order valence-electron chi connectivity index (χ3n) is 5.91. The highest BCUT2D eigenvalue weighted by Crippen LogP contribution is 2.27. The zero-order valence-corrected chi connectivity index (χ0v) is 22.0. The van der Waals surface area contributed by atoms with E-state index in [1.54, 1.807) is 0 Å². The summed E-state index contributed by atoms with van der Waals surface area (Å²) in [5.74, 6) is 1.87. The Morgan fingerprint density at radius 2 is 1.47 bits per heavy atom. The molecule has 0 amide bonds. The van der Waals surface area contributed by atoms with Gasteiger partial charge in [0.1, 0.15) is 5.69 Å². The van der Waals surface area contributed by atoms with Crippen LogP contribution < -0.4 is 0 Å². The van der Waals surface area contributed by atoms with Crippen LogP contribution in [0.4, 0.5) is 0 Å². The minimum Gasteiger partial charge on any atom is -0.412 e. The summed E-state index contributed by atoms with van der Waals surface area (Å²) in [6, 6.07) is 16.8. The molecule has 0 spiro atoms. The lowest BCUT2D eigenvalue weighted by atomic mass is 10.3. The van der Waals surface area contributed by atoms with Gasteiger partial charge in [-0.15, -0.1) is 34.0 Å². The van der Waals surface area contributed by atoms with Gasteiger partial charge in [0.15, 0.2) is 5.82 Å². The number of para-hydroxylation sites is 4. The van der Waals surface area contributed by atoms with Crippen LogP contribution in [0.2, 0.25) is 0 Å². The second-order valence-corrected chi connectivity index (χ2v) is 7.45. The molecule has 2 aromatic carbocycles. The van der Waals surface area contributed by atoms with E-state index >= 15 is 0 Å². The molecule has 0 aliphatic carbocycles. The van der Waals surface area contributed by atoms with Crippen molar-refractivity contribution >= 4 is 61.8 Å². The van der Waals surface area contributed by atoms with Crippen LogP contribution in [0.15, 0.2) is 54.7 Å². The number of likely N-dealkylation sites (N-methyl/N-ethyl adjacent to an activating group) is 1. The highest BCUT2D eigenvalue weighted by atomic mass is 79.9. The molecule has 0 saturated carbocycles. The Hall–Kier alpha value is -2.20. The van der Waals surface area contributed by atoms with Gasteiger partial charge in [-0.05, 0) is 37.4 Å². The molecule has 0 saturated heterocycles. The van der Waals surface area contributed by atoms with Gasteiger partial charge in [0.2, 0.25) is 5.78 Å². The fourth-order valence-corrected chi connectivity index (χ4v) is 4.23. The van der Waals surface area contributed by atoms with Crippen LogP contribution in [-0.4, -0.2) is 53.5 Å². The first kappa shape index (κ1) is 26.1. The third kappa shape index (κ3) is 4.22. The number of hydrogen-bond acceptors (Lipinski definition) is 3. The molecule has 0 radical (unpaired) electrons. The number of benzene rings is 2. The van der Waals surface area contributed by atoms with E-state index in [0.717, 1.165) is 54.5 Å². The quantitative estimate of drug-likeness (QED) is 0.304. The van der Waals surface area contributed by atoms with E-state index in [2.05, 4.69) is 75.9 Å². The predicted molar refractivity (Wildman–Crippen MR) is 142 cm³/mol. The van der Waals surface area contributed by atoms with E-state index < -0.39 is 0 Å². The van der Waals surface area contributed by atoms with Gasteiger partial charge < -0.3 is 19.5 Å². The summed E-state index contributed by atoms with van der Waals surface area (Å²) in [5, 5.41) is 0. The summed E-state index contributed by atoms with van der Waals surface area (Å²) in [4.78, 5) is 12.3. The van der Waals surface area contributed by atoms with Crippen molar-refractivity contribution in [3.8, 4) is 11.5 Å². The second kappa shape index (κ2) is 10.6. The highest BCUT2D eigenvalue weighted by Gasteiger charge is 2.18. The summed E-state index contributed by atoms with van der Waals surface area (Å²) >= 11 is 0. The molecular formula is C23H30Br2N6O. The Balaban J connectivity index is 0.00000121. The van der Waals surface area contributed by atoms with Crippen molar-refractivity contribution in [2.24, 2.45) is 7.05 Å². The maximum atomic E-state index is 5.03. The number of rotatable bonds is 6. The first-order valence-corrected chi connectivity index (χ1v) is 10.3. The van der Waals surface area contributed by atoms with Crippen molar-refractivity contribution < 1.29 is 5.48 Å². The molecule has 0 aliphatic heterocycles. The molecule has 7 nitrogen and oxygen atoms in total. The van der Waals surface area contributed by atoms with Gasteiger partial charge >= 0.3 is 0 Å². The Morgan fingerprint density at radius 1 is 0.844 bits per heavy atom. The van der Waals surface area contributed by atoms with Gasteiger partial charge in [0.25, 0.3) is 0 Å². The summed E-state index contributed by atoms with van der Waals surface area (Å²) in [6.45, 7) is 8.48. The maximum absolute atomic E-state index is 5.03. The van der Waals surface area contributed by atoms with Gasteiger partial charge in [-0.25, -0.2) is 9.97 Å². The number of nitrogens with zero attached hydrogens (tertiary/aromatic N) is 6. The van der Waals surface area contributed by atoms with Crippen molar-refractivity contribution in [2.75, 3.05) is 19.6 Å². The van der Waals surface area contributed by atoms with E-state index in [-0.39, 0.29) is 39.4 Å². The average Bonchev–Trinajstić information content (AvgIpc) is 3.40. The number of imidazole rings is 3. The van der Waals surface area contributed by atoms with E-state index in [0.29, 0.717) is 0 Å². The average molecular weight is 566 g/mol. The van der Waals surface area contributed by atoms with Crippen molar-refractivity contribution in [3.63, 3.8) is 0 Å². The van der Waals surface area contributed by atoms with Gasteiger partial charge in [0.05, 0.1) is 22.1 Å². The fourth-order valence-electron chi connectivity index (χ4n) is 4.23. The number of hydrogen-bond donors (Lipinski definition) is 0. The number of aromatic nitrogens is 5. The molecule has 2 N–H and O–H groups in total. The minimum absolute atomic E-state index is 0. The van der Waals surface area contributed by atoms with Crippen molar-refractivity contribution in [2.45, 2.75) is 20.4 Å². The zero-order valence-electron chi connectivity index (χ0n) is 18.5. The largest absolute Gasteiger partial charge is 0.412 e. The molecule has 3 heterocycles. The van der Waals surface area contributed by atoms with Crippen LogP contribution >= 0.6 is 34.0 Å². The number of fused-ring (bicyclic) bond motifs is 4. The van der Waals surface area contributed by atoms with E-state index in [1.165, 1.54) is 11.0 Å². The molecule has 0 unspecified atom stereocenters. The Morgan fingerprint density at radius 3 is 2.12 bits per heavy atom. The lowest BCUT2D eigenvalue weighted by Gasteiger charge is -2.18. The van der Waals surface area contributed by atoms with Gasteiger partial charge in [-0.1, -0.05) is 38.1 Å². The Kier molecular flexibility index (Phi) is 8.64. The van der Waals surface area contributed by atoms with Crippen LogP contribution in [0.5, 0.6) is 0 Å². The van der Waals surface area contributed by atoms with E-state index in [1.807, 2.05) is 18.2 Å². The number of aryl methyl sites for hydroxylation is 1. The summed E-state index contributed by atoms with van der Waals surface area (Å²) < 4.78 is 6.66. The first-order valence-electron chi connectivity index (χ1n) is 10.3. The smallest absolute Gasteiger partial charge is 0.215 e. The molecule has 32 heavy (non-hydrogen) atoms. The van der Waals surface area contributed by atoms with Crippen molar-refractivity contribution in [1.29, 1.82) is 0 Å². The standard InChI is InChI=1S/C23H26N6.2BrH.H2O/c1-4-27(5-2)14-15-28-20-12-8-9-13-21(20)29-16-18(25-23(28)29)22-24-17-10-6-7-11-19(17)26(22)3;;;/h6-13,16H,4-5,14-15H2,1-3H3;2*1H;1H2. The maximum Gasteiger partial charge on any atom is 0.215 e. The summed E-state index contributed by atoms with van der Waals surface area (Å²) in [7, 11) is 2.06. The normalized spacial score (nSPS) is 11.0. The molecule has 172 valence electrons. The topological polar surface area (TPSA) is 74.8 Å².